The van der Waals surface area contributed by atoms with Crippen molar-refractivity contribution >= 4 is 22.9 Å². The average Bonchev–Trinajstić information content (AvgIpc) is 2.54. The van der Waals surface area contributed by atoms with Gasteiger partial charge in [-0.1, -0.05) is 11.6 Å². The van der Waals surface area contributed by atoms with Crippen LogP contribution in [-0.4, -0.2) is 19.8 Å². The first-order chi connectivity index (χ1) is 6.69. The number of hydrogen-bond donors (Lipinski definition) is 1. The second kappa shape index (κ2) is 5.71. The van der Waals surface area contributed by atoms with Gasteiger partial charge >= 0.3 is 0 Å². The van der Waals surface area contributed by atoms with Crippen molar-refractivity contribution in [3.05, 3.63) is 21.3 Å². The summed E-state index contributed by atoms with van der Waals surface area (Å²) < 4.78 is 6.38. The Morgan fingerprint density at radius 2 is 2.29 bits per heavy atom. The maximum absolute atomic E-state index is 5.89. The molecule has 2 nitrogen and oxygen atoms in total. The summed E-state index contributed by atoms with van der Waals surface area (Å²) >= 11 is 7.49. The van der Waals surface area contributed by atoms with Crippen molar-refractivity contribution < 1.29 is 4.74 Å². The molecular weight excluding hydrogens is 218 g/mol. The molecule has 0 radical (unpaired) electrons. The van der Waals surface area contributed by atoms with E-state index in [1.807, 2.05) is 26.1 Å². The lowest BCUT2D eigenvalue weighted by molar-refractivity contribution is 0.0502. The van der Waals surface area contributed by atoms with Crippen molar-refractivity contribution in [1.82, 2.24) is 5.32 Å². The summed E-state index contributed by atoms with van der Waals surface area (Å²) in [5, 5.41) is 3.24. The molecule has 1 N–H and O–H groups in total. The van der Waals surface area contributed by atoms with Crippen LogP contribution >= 0.6 is 22.9 Å². The lowest BCUT2D eigenvalue weighted by atomic mass is 10.1. The molecule has 1 aromatic heterocycles. The highest BCUT2D eigenvalue weighted by atomic mass is 35.5. The number of thiophene rings is 1. The van der Waals surface area contributed by atoms with Gasteiger partial charge in [-0.15, -0.1) is 11.3 Å². The summed E-state index contributed by atoms with van der Waals surface area (Å²) in [5.41, 5.74) is 0. The van der Waals surface area contributed by atoms with Gasteiger partial charge in [0.2, 0.25) is 0 Å². The second-order valence-corrected chi connectivity index (χ2v) is 4.82. The number of hydrogen-bond acceptors (Lipinski definition) is 3. The lowest BCUT2D eigenvalue weighted by Gasteiger charge is -2.22. The maximum Gasteiger partial charge on any atom is 0.0931 e. The smallest absolute Gasteiger partial charge is 0.0931 e. The normalized spacial score (nSPS) is 15.4. The summed E-state index contributed by atoms with van der Waals surface area (Å²) in [6.45, 7) is 4.81. The minimum Gasteiger partial charge on any atom is -0.377 e. The van der Waals surface area contributed by atoms with Crippen molar-refractivity contribution in [2.24, 2.45) is 0 Å². The highest BCUT2D eigenvalue weighted by molar-refractivity contribution is 7.16. The van der Waals surface area contributed by atoms with Crippen molar-refractivity contribution in [3.8, 4) is 0 Å². The fraction of sp³-hybridized carbons (Fsp3) is 0.600. The minimum atomic E-state index is 0.166. The first kappa shape index (κ1) is 12.0. The number of likely N-dealkylation sites (N-methyl/N-ethyl adjacent to an activating group) is 1. The Bertz CT molecular complexity index is 277. The first-order valence-electron chi connectivity index (χ1n) is 4.73. The van der Waals surface area contributed by atoms with E-state index < -0.39 is 0 Å². The summed E-state index contributed by atoms with van der Waals surface area (Å²) in [7, 11) is 1.94. The first-order valence-corrected chi connectivity index (χ1v) is 5.92. The van der Waals surface area contributed by atoms with Gasteiger partial charge in [0.05, 0.1) is 16.5 Å². The van der Waals surface area contributed by atoms with Crippen molar-refractivity contribution in [2.75, 3.05) is 13.7 Å². The molecule has 0 spiro atoms. The second-order valence-electron chi connectivity index (χ2n) is 3.07. The molecule has 0 aliphatic heterocycles. The van der Waals surface area contributed by atoms with E-state index in [9.17, 15) is 0 Å². The molecule has 4 heteroatoms. The van der Waals surface area contributed by atoms with E-state index in [-0.39, 0.29) is 12.1 Å². The van der Waals surface area contributed by atoms with E-state index >= 15 is 0 Å². The zero-order valence-corrected chi connectivity index (χ0v) is 10.3. The molecule has 0 bridgehead atoms. The Labute approximate surface area is 94.2 Å². The molecule has 0 amide bonds. The van der Waals surface area contributed by atoms with E-state index in [4.69, 9.17) is 16.3 Å². The van der Waals surface area contributed by atoms with Crippen LogP contribution in [0.2, 0.25) is 4.34 Å². The molecule has 2 unspecified atom stereocenters. The molecule has 14 heavy (non-hydrogen) atoms. The summed E-state index contributed by atoms with van der Waals surface area (Å²) in [5.74, 6) is 0. The van der Waals surface area contributed by atoms with Gasteiger partial charge in [-0.05, 0) is 33.0 Å². The van der Waals surface area contributed by atoms with Crippen LogP contribution in [0.25, 0.3) is 0 Å². The van der Waals surface area contributed by atoms with E-state index in [0.717, 1.165) is 10.9 Å². The maximum atomic E-state index is 5.89. The third-order valence-corrected chi connectivity index (χ3v) is 3.42. The van der Waals surface area contributed by atoms with Crippen LogP contribution in [0.3, 0.4) is 0 Å². The SMILES string of the molecule is CCOC(C)C(NC)c1ccc(Cl)s1. The Hall–Kier alpha value is -0.0900. The Kier molecular flexibility index (Phi) is 4.89. The molecule has 0 aliphatic carbocycles. The van der Waals surface area contributed by atoms with Gasteiger partial charge in [-0.2, -0.15) is 0 Å². The van der Waals surface area contributed by atoms with Gasteiger partial charge in [-0.25, -0.2) is 0 Å². The zero-order chi connectivity index (χ0) is 10.6. The standard InChI is InChI=1S/C10H16ClNOS/c1-4-13-7(2)10(12-3)8-5-6-9(11)14-8/h5-7,10,12H,4H2,1-3H3. The molecule has 0 saturated carbocycles. The van der Waals surface area contributed by atoms with Gasteiger partial charge in [0.1, 0.15) is 0 Å². The minimum absolute atomic E-state index is 0.166. The fourth-order valence-electron chi connectivity index (χ4n) is 1.46. The van der Waals surface area contributed by atoms with Crippen LogP contribution in [0.4, 0.5) is 0 Å². The molecule has 1 aromatic rings. The van der Waals surface area contributed by atoms with E-state index in [1.54, 1.807) is 11.3 Å². The van der Waals surface area contributed by atoms with E-state index in [2.05, 4.69) is 12.2 Å². The quantitative estimate of drug-likeness (QED) is 0.844. The van der Waals surface area contributed by atoms with Crippen molar-refractivity contribution in [2.45, 2.75) is 26.0 Å². The Morgan fingerprint density at radius 3 is 2.71 bits per heavy atom. The highest BCUT2D eigenvalue weighted by Crippen LogP contribution is 2.29. The number of nitrogens with one attached hydrogen (secondary N) is 1. The zero-order valence-electron chi connectivity index (χ0n) is 8.71. The summed E-state index contributed by atoms with van der Waals surface area (Å²) in [6, 6.07) is 4.20. The predicted octanol–water partition coefficient (Wildman–Crippen LogP) is 3.09. The van der Waals surface area contributed by atoms with E-state index in [0.29, 0.717) is 0 Å². The van der Waals surface area contributed by atoms with Crippen LogP contribution < -0.4 is 5.32 Å². The number of rotatable bonds is 5. The molecule has 2 atom stereocenters. The largest absolute Gasteiger partial charge is 0.377 e. The third kappa shape index (κ3) is 2.95. The van der Waals surface area contributed by atoms with Crippen LogP contribution in [0.1, 0.15) is 24.8 Å². The van der Waals surface area contributed by atoms with Crippen LogP contribution in [-0.2, 0) is 4.74 Å². The third-order valence-electron chi connectivity index (χ3n) is 2.11. The van der Waals surface area contributed by atoms with Gasteiger partial charge in [-0.3, -0.25) is 0 Å². The van der Waals surface area contributed by atoms with Crippen LogP contribution in [0, 0.1) is 0 Å². The lowest BCUT2D eigenvalue weighted by Crippen LogP contribution is -2.28. The Balaban J connectivity index is 2.71. The van der Waals surface area contributed by atoms with Gasteiger partial charge in [0.15, 0.2) is 0 Å². The Morgan fingerprint density at radius 1 is 1.57 bits per heavy atom. The summed E-state index contributed by atoms with van der Waals surface area (Å²) in [6.07, 6.45) is 0.166. The predicted molar refractivity (Wildman–Crippen MR) is 62.2 cm³/mol. The average molecular weight is 234 g/mol. The van der Waals surface area contributed by atoms with E-state index in [1.165, 1.54) is 4.88 Å². The number of halogens is 1. The van der Waals surface area contributed by atoms with Gasteiger partial charge in [0.25, 0.3) is 0 Å². The van der Waals surface area contributed by atoms with Gasteiger partial charge < -0.3 is 10.1 Å². The molecule has 0 fully saturated rings. The fourth-order valence-corrected chi connectivity index (χ4v) is 2.73. The number of ether oxygens (including phenoxy) is 1. The molecule has 1 rings (SSSR count). The van der Waals surface area contributed by atoms with Crippen molar-refractivity contribution in [3.63, 3.8) is 0 Å². The molecule has 0 saturated heterocycles. The highest BCUT2D eigenvalue weighted by Gasteiger charge is 2.19. The molecular formula is C10H16ClNOS. The summed E-state index contributed by atoms with van der Waals surface area (Å²) in [4.78, 5) is 1.22. The van der Waals surface area contributed by atoms with Crippen molar-refractivity contribution in [1.29, 1.82) is 0 Å². The monoisotopic (exact) mass is 233 g/mol. The van der Waals surface area contributed by atoms with Crippen LogP contribution in [0.5, 0.6) is 0 Å². The van der Waals surface area contributed by atoms with Crippen LogP contribution in [0.15, 0.2) is 12.1 Å². The molecule has 0 aliphatic rings. The molecule has 80 valence electrons. The topological polar surface area (TPSA) is 21.3 Å². The molecule has 0 aromatic carbocycles. The molecule has 1 heterocycles. The van der Waals surface area contributed by atoms with Gasteiger partial charge in [0, 0.05) is 11.5 Å².